The number of nitrogens with one attached hydrogen (secondary N) is 1. The van der Waals surface area contributed by atoms with Crippen molar-refractivity contribution in [2.24, 2.45) is 0 Å². The topological polar surface area (TPSA) is 71.4 Å². The van der Waals surface area contributed by atoms with Gasteiger partial charge in [-0.1, -0.05) is 30.3 Å². The molecule has 6 rings (SSSR count). The molecule has 0 radical (unpaired) electrons. The van der Waals surface area contributed by atoms with Crippen molar-refractivity contribution in [1.82, 2.24) is 14.9 Å². The number of hydrogen-bond donors (Lipinski definition) is 1. The molecule has 2 aromatic heterocycles. The number of carbonyl (C=O) groups excluding carboxylic acids is 1. The second kappa shape index (κ2) is 7.10. The van der Waals surface area contributed by atoms with Crippen LogP contribution in [0.5, 0.6) is 0 Å². The Bertz CT molecular complexity index is 1230. The van der Waals surface area contributed by atoms with Crippen LogP contribution >= 0.6 is 0 Å². The molecule has 4 aromatic rings. The molecule has 2 aliphatic rings. The van der Waals surface area contributed by atoms with E-state index in [4.69, 9.17) is 9.15 Å². The van der Waals surface area contributed by atoms with Gasteiger partial charge < -0.3 is 19.0 Å². The molecule has 4 heterocycles. The number of likely N-dealkylation sites (tertiary alicyclic amines) is 1. The molecule has 1 N–H and O–H groups in total. The predicted octanol–water partition coefficient (Wildman–Crippen LogP) is 4.53. The molecule has 1 spiro atoms. The maximum atomic E-state index is 13.1. The highest BCUT2D eigenvalue weighted by Crippen LogP contribution is 2.43. The van der Waals surface area contributed by atoms with Gasteiger partial charge in [0.25, 0.3) is 5.91 Å². The second-order valence-electron chi connectivity index (χ2n) is 8.35. The first-order valence-corrected chi connectivity index (χ1v) is 10.8. The highest BCUT2D eigenvalue weighted by Gasteiger charge is 2.43. The zero-order chi connectivity index (χ0) is 20.8. The first-order chi connectivity index (χ1) is 15.2. The van der Waals surface area contributed by atoms with E-state index >= 15 is 0 Å². The fourth-order valence-corrected chi connectivity index (χ4v) is 5.05. The Morgan fingerprint density at radius 1 is 1.06 bits per heavy atom. The van der Waals surface area contributed by atoms with Crippen molar-refractivity contribution >= 4 is 16.8 Å². The number of para-hydroxylation sites is 1. The predicted molar refractivity (Wildman–Crippen MR) is 117 cm³/mol. The standard InChI is InChI=1S/C25H23N3O3/c29-24(18-7-5-17(6-8-18)22-15-26-16-30-22)28-12-10-25(11-13-28)23-20(9-14-31-25)19-3-1-2-4-21(19)27-23/h1-8,15-16,27H,9-14H2. The van der Waals surface area contributed by atoms with Crippen LogP contribution in [0.1, 0.15) is 34.5 Å². The number of H-pyrrole nitrogens is 1. The zero-order valence-corrected chi connectivity index (χ0v) is 17.1. The molecule has 0 unspecified atom stereocenters. The quantitative estimate of drug-likeness (QED) is 0.524. The summed E-state index contributed by atoms with van der Waals surface area (Å²) in [5, 5.41) is 1.30. The third-order valence-corrected chi connectivity index (χ3v) is 6.71. The minimum Gasteiger partial charge on any atom is -0.444 e. The zero-order valence-electron chi connectivity index (χ0n) is 17.1. The van der Waals surface area contributed by atoms with Crippen LogP contribution in [0.2, 0.25) is 0 Å². The lowest BCUT2D eigenvalue weighted by atomic mass is 9.83. The van der Waals surface area contributed by atoms with Crippen molar-refractivity contribution in [1.29, 1.82) is 0 Å². The van der Waals surface area contributed by atoms with Gasteiger partial charge in [-0.2, -0.15) is 0 Å². The minimum absolute atomic E-state index is 0.0617. The molecule has 0 aliphatic carbocycles. The Morgan fingerprint density at radius 3 is 2.65 bits per heavy atom. The number of fused-ring (bicyclic) bond motifs is 4. The summed E-state index contributed by atoms with van der Waals surface area (Å²) < 4.78 is 11.7. The molecule has 1 saturated heterocycles. The van der Waals surface area contributed by atoms with Gasteiger partial charge in [-0.05, 0) is 43.0 Å². The first kappa shape index (κ1) is 18.4. The van der Waals surface area contributed by atoms with Crippen LogP contribution in [0.15, 0.2) is 65.5 Å². The average Bonchev–Trinajstić information content (AvgIpc) is 3.49. The number of benzene rings is 2. The number of oxazole rings is 1. The summed E-state index contributed by atoms with van der Waals surface area (Å²) in [6.45, 7) is 2.08. The van der Waals surface area contributed by atoms with Crippen molar-refractivity contribution in [2.75, 3.05) is 19.7 Å². The normalized spacial score (nSPS) is 17.7. The van der Waals surface area contributed by atoms with E-state index in [1.54, 1.807) is 6.20 Å². The van der Waals surface area contributed by atoms with Crippen molar-refractivity contribution in [3.8, 4) is 11.3 Å². The Kier molecular flexibility index (Phi) is 4.21. The maximum Gasteiger partial charge on any atom is 0.253 e. The number of carbonyl (C=O) groups is 1. The third kappa shape index (κ3) is 2.98. The van der Waals surface area contributed by atoms with Crippen LogP contribution < -0.4 is 0 Å². The summed E-state index contributed by atoms with van der Waals surface area (Å²) in [6, 6.07) is 16.0. The summed E-state index contributed by atoms with van der Waals surface area (Å²) in [5.74, 6) is 0.758. The molecule has 0 bridgehead atoms. The second-order valence-corrected chi connectivity index (χ2v) is 8.35. The molecule has 1 fully saturated rings. The summed E-state index contributed by atoms with van der Waals surface area (Å²) in [6.07, 6.45) is 5.61. The molecule has 2 aliphatic heterocycles. The molecule has 156 valence electrons. The van der Waals surface area contributed by atoms with E-state index in [0.717, 1.165) is 31.4 Å². The molecular formula is C25H23N3O3. The fraction of sp³-hybridized carbons (Fsp3) is 0.280. The van der Waals surface area contributed by atoms with Crippen molar-refractivity contribution in [2.45, 2.75) is 24.9 Å². The van der Waals surface area contributed by atoms with E-state index < -0.39 is 0 Å². The monoisotopic (exact) mass is 413 g/mol. The number of ether oxygens (including phenoxy) is 1. The number of aromatic amines is 1. The average molecular weight is 413 g/mol. The minimum atomic E-state index is -0.320. The first-order valence-electron chi connectivity index (χ1n) is 10.8. The van der Waals surface area contributed by atoms with Gasteiger partial charge in [-0.25, -0.2) is 4.98 Å². The van der Waals surface area contributed by atoms with Crippen LogP contribution in [-0.2, 0) is 16.8 Å². The maximum absolute atomic E-state index is 13.1. The Labute approximate surface area is 179 Å². The van der Waals surface area contributed by atoms with Gasteiger partial charge >= 0.3 is 0 Å². The molecule has 6 heteroatoms. The van der Waals surface area contributed by atoms with E-state index in [-0.39, 0.29) is 11.5 Å². The summed E-state index contributed by atoms with van der Waals surface area (Å²) in [5.41, 5.74) is 5.04. The summed E-state index contributed by atoms with van der Waals surface area (Å²) in [7, 11) is 0. The number of amides is 1. The fourth-order valence-electron chi connectivity index (χ4n) is 5.05. The molecule has 1 amide bonds. The lowest BCUT2D eigenvalue weighted by Crippen LogP contribution is -2.48. The van der Waals surface area contributed by atoms with Crippen LogP contribution in [0.4, 0.5) is 0 Å². The molecular weight excluding hydrogens is 390 g/mol. The molecule has 6 nitrogen and oxygen atoms in total. The molecule has 0 atom stereocenters. The third-order valence-electron chi connectivity index (χ3n) is 6.71. The van der Waals surface area contributed by atoms with Crippen LogP contribution in [0.25, 0.3) is 22.2 Å². The molecule has 2 aromatic carbocycles. The SMILES string of the molecule is O=C(c1ccc(-c2cnco2)cc1)N1CCC2(CC1)OCCc1c2[nH]c2ccccc12. The van der Waals surface area contributed by atoms with Crippen LogP contribution in [0.3, 0.4) is 0 Å². The van der Waals surface area contributed by atoms with Crippen molar-refractivity contribution in [3.05, 3.63) is 77.9 Å². The van der Waals surface area contributed by atoms with Crippen LogP contribution in [-0.4, -0.2) is 40.5 Å². The number of nitrogens with zero attached hydrogens (tertiary/aromatic N) is 2. The number of aromatic nitrogens is 2. The van der Waals surface area contributed by atoms with Crippen LogP contribution in [0, 0.1) is 0 Å². The van der Waals surface area contributed by atoms with Crippen molar-refractivity contribution < 1.29 is 13.9 Å². The van der Waals surface area contributed by atoms with Gasteiger partial charge in [0.1, 0.15) is 5.60 Å². The lowest BCUT2D eigenvalue weighted by molar-refractivity contribution is -0.0957. The smallest absolute Gasteiger partial charge is 0.253 e. The summed E-state index contributed by atoms with van der Waals surface area (Å²) in [4.78, 5) is 22.6. The van der Waals surface area contributed by atoms with Gasteiger partial charge in [0.2, 0.25) is 0 Å². The van der Waals surface area contributed by atoms with Crippen molar-refractivity contribution in [3.63, 3.8) is 0 Å². The Morgan fingerprint density at radius 2 is 1.87 bits per heavy atom. The van der Waals surface area contributed by atoms with Gasteiger partial charge in [0.15, 0.2) is 12.2 Å². The van der Waals surface area contributed by atoms with Gasteiger partial charge in [-0.3, -0.25) is 4.79 Å². The lowest BCUT2D eigenvalue weighted by Gasteiger charge is -2.43. The molecule has 0 saturated carbocycles. The van der Waals surface area contributed by atoms with Gasteiger partial charge in [-0.15, -0.1) is 0 Å². The number of rotatable bonds is 2. The van der Waals surface area contributed by atoms with E-state index in [0.29, 0.717) is 24.4 Å². The Hall–Kier alpha value is -3.38. The van der Waals surface area contributed by atoms with E-state index in [2.05, 4.69) is 34.2 Å². The highest BCUT2D eigenvalue weighted by atomic mass is 16.5. The number of hydrogen-bond acceptors (Lipinski definition) is 4. The highest BCUT2D eigenvalue weighted by molar-refractivity contribution is 5.94. The largest absolute Gasteiger partial charge is 0.444 e. The van der Waals surface area contributed by atoms with Gasteiger partial charge in [0, 0.05) is 35.1 Å². The van der Waals surface area contributed by atoms with E-state index in [1.165, 1.54) is 28.6 Å². The van der Waals surface area contributed by atoms with E-state index in [1.807, 2.05) is 29.2 Å². The number of piperidine rings is 1. The molecule has 31 heavy (non-hydrogen) atoms. The van der Waals surface area contributed by atoms with E-state index in [9.17, 15) is 4.79 Å². The summed E-state index contributed by atoms with van der Waals surface area (Å²) >= 11 is 0. The van der Waals surface area contributed by atoms with Gasteiger partial charge in [0.05, 0.1) is 18.5 Å². The Balaban J connectivity index is 1.21.